The molecule has 0 bridgehead atoms. The van der Waals surface area contributed by atoms with Crippen LogP contribution in [0.15, 0.2) is 24.3 Å². The number of ether oxygens (including phenoxy) is 2. The van der Waals surface area contributed by atoms with Gasteiger partial charge in [0.25, 0.3) is 5.91 Å². The number of hydrogen-bond donors (Lipinski definition) is 0. The Hall–Kier alpha value is -2.18. The third-order valence-electron chi connectivity index (χ3n) is 2.82. The molecule has 0 aliphatic heterocycles. The lowest BCUT2D eigenvalue weighted by Gasteiger charge is -2.21. The van der Waals surface area contributed by atoms with E-state index in [0.29, 0.717) is 0 Å². The summed E-state index contributed by atoms with van der Waals surface area (Å²) in [6, 6.07) is 5.41. The molecule has 0 aromatic heterocycles. The Morgan fingerprint density at radius 3 is 2.43 bits per heavy atom. The first-order valence-electron chi connectivity index (χ1n) is 6.29. The number of carbonyl (C=O) groups is 2. The van der Waals surface area contributed by atoms with Crippen LogP contribution in [0.25, 0.3) is 0 Å². The van der Waals surface area contributed by atoms with Crippen LogP contribution in [0.1, 0.15) is 24.2 Å². The molecule has 5 nitrogen and oxygen atoms in total. The maximum Gasteiger partial charge on any atom is 0.387 e. The fourth-order valence-corrected chi connectivity index (χ4v) is 1.43. The van der Waals surface area contributed by atoms with Crippen LogP contribution in [0.2, 0.25) is 0 Å². The third-order valence-corrected chi connectivity index (χ3v) is 2.82. The van der Waals surface area contributed by atoms with Gasteiger partial charge in [0.15, 0.2) is 6.61 Å². The highest BCUT2D eigenvalue weighted by atomic mass is 19.3. The van der Waals surface area contributed by atoms with E-state index in [1.807, 2.05) is 13.8 Å². The summed E-state index contributed by atoms with van der Waals surface area (Å²) in [6.45, 7) is 0.112. The smallest absolute Gasteiger partial charge is 0.387 e. The van der Waals surface area contributed by atoms with Crippen LogP contribution in [0.5, 0.6) is 5.75 Å². The van der Waals surface area contributed by atoms with E-state index in [9.17, 15) is 18.4 Å². The molecule has 0 saturated heterocycles. The zero-order chi connectivity index (χ0) is 16.0. The van der Waals surface area contributed by atoms with Crippen LogP contribution in [0, 0.1) is 0 Å². The van der Waals surface area contributed by atoms with Gasteiger partial charge in [-0.1, -0.05) is 12.1 Å². The topological polar surface area (TPSA) is 55.8 Å². The van der Waals surface area contributed by atoms with E-state index in [1.165, 1.54) is 29.2 Å². The summed E-state index contributed by atoms with van der Waals surface area (Å²) in [5.74, 6) is -1.57. The summed E-state index contributed by atoms with van der Waals surface area (Å²) in [5, 5.41) is 0. The van der Waals surface area contributed by atoms with Gasteiger partial charge in [-0.15, -0.1) is 0 Å². The summed E-state index contributed by atoms with van der Waals surface area (Å²) in [5.41, 5.74) is -0.155. The van der Waals surface area contributed by atoms with E-state index in [2.05, 4.69) is 4.74 Å². The molecule has 0 heterocycles. The van der Waals surface area contributed by atoms with Crippen molar-refractivity contribution in [3.63, 3.8) is 0 Å². The number of nitrogens with zero attached hydrogens (tertiary/aromatic N) is 1. The predicted octanol–water partition coefficient (Wildman–Crippen LogP) is 2.31. The molecular weight excluding hydrogens is 284 g/mol. The molecule has 1 rings (SSSR count). The first-order valence-corrected chi connectivity index (χ1v) is 6.29. The van der Waals surface area contributed by atoms with E-state index in [-0.39, 0.29) is 23.3 Å². The van der Waals surface area contributed by atoms with Gasteiger partial charge >= 0.3 is 12.6 Å². The van der Waals surface area contributed by atoms with Crippen molar-refractivity contribution in [3.05, 3.63) is 29.8 Å². The van der Waals surface area contributed by atoms with Crippen LogP contribution in [0.4, 0.5) is 8.78 Å². The molecule has 0 radical (unpaired) electrons. The van der Waals surface area contributed by atoms with E-state index in [1.54, 1.807) is 7.05 Å². The summed E-state index contributed by atoms with van der Waals surface area (Å²) < 4.78 is 33.5. The van der Waals surface area contributed by atoms with E-state index >= 15 is 0 Å². The van der Waals surface area contributed by atoms with Crippen LogP contribution >= 0.6 is 0 Å². The van der Waals surface area contributed by atoms with E-state index < -0.39 is 19.2 Å². The lowest BCUT2D eigenvalue weighted by molar-refractivity contribution is -0.134. The molecule has 0 aliphatic rings. The highest BCUT2D eigenvalue weighted by molar-refractivity contribution is 5.94. The quantitative estimate of drug-likeness (QED) is 0.757. The molecule has 0 spiro atoms. The van der Waals surface area contributed by atoms with Gasteiger partial charge in [0.2, 0.25) is 0 Å². The number of hydrogen-bond acceptors (Lipinski definition) is 4. The van der Waals surface area contributed by atoms with Crippen molar-refractivity contribution in [1.82, 2.24) is 4.90 Å². The minimum atomic E-state index is -3.05. The number of rotatable bonds is 6. The number of esters is 1. The van der Waals surface area contributed by atoms with Crippen molar-refractivity contribution in [1.29, 1.82) is 0 Å². The number of carbonyl (C=O) groups excluding carboxylic acids is 2. The summed E-state index contributed by atoms with van der Waals surface area (Å²) in [7, 11) is 1.58. The van der Waals surface area contributed by atoms with Gasteiger partial charge in [-0.2, -0.15) is 8.78 Å². The van der Waals surface area contributed by atoms with Crippen molar-refractivity contribution in [2.75, 3.05) is 13.7 Å². The average Bonchev–Trinajstić information content (AvgIpc) is 2.43. The maximum atomic E-state index is 12.2. The van der Waals surface area contributed by atoms with Crippen molar-refractivity contribution in [2.24, 2.45) is 0 Å². The monoisotopic (exact) mass is 301 g/mol. The van der Waals surface area contributed by atoms with Crippen LogP contribution in [0.3, 0.4) is 0 Å². The molecular formula is C14H17F2NO4. The van der Waals surface area contributed by atoms with Gasteiger partial charge in [-0.3, -0.25) is 4.79 Å². The van der Waals surface area contributed by atoms with Gasteiger partial charge in [0.1, 0.15) is 11.3 Å². The number of likely N-dealkylation sites (N-methyl/N-ethyl adjacent to an activating group) is 1. The fourth-order valence-electron chi connectivity index (χ4n) is 1.43. The lowest BCUT2D eigenvalue weighted by Crippen LogP contribution is -2.36. The normalized spacial score (nSPS) is 10.6. The average molecular weight is 301 g/mol. The van der Waals surface area contributed by atoms with Gasteiger partial charge in [0, 0.05) is 13.1 Å². The summed E-state index contributed by atoms with van der Waals surface area (Å²) in [4.78, 5) is 24.9. The third kappa shape index (κ3) is 5.02. The Bertz CT molecular complexity index is 506. The van der Waals surface area contributed by atoms with Crippen LogP contribution in [-0.2, 0) is 9.53 Å². The van der Waals surface area contributed by atoms with Crippen molar-refractivity contribution >= 4 is 11.9 Å². The van der Waals surface area contributed by atoms with Crippen molar-refractivity contribution in [2.45, 2.75) is 26.5 Å². The van der Waals surface area contributed by atoms with Crippen LogP contribution in [-0.4, -0.2) is 43.1 Å². The van der Waals surface area contributed by atoms with Gasteiger partial charge in [-0.25, -0.2) is 4.79 Å². The summed E-state index contributed by atoms with van der Waals surface area (Å²) >= 11 is 0. The van der Waals surface area contributed by atoms with E-state index in [4.69, 9.17) is 4.74 Å². The molecule has 0 fully saturated rings. The zero-order valence-corrected chi connectivity index (χ0v) is 12.0. The maximum absolute atomic E-state index is 12.2. The molecule has 1 aromatic carbocycles. The largest absolute Gasteiger partial charge is 0.452 e. The molecule has 1 aromatic rings. The lowest BCUT2D eigenvalue weighted by atomic mass is 10.2. The second kappa shape index (κ2) is 7.56. The second-order valence-corrected chi connectivity index (χ2v) is 4.55. The highest BCUT2D eigenvalue weighted by Gasteiger charge is 2.19. The number of alkyl halides is 2. The Morgan fingerprint density at radius 2 is 1.86 bits per heavy atom. The van der Waals surface area contributed by atoms with Gasteiger partial charge < -0.3 is 14.4 Å². The number of halogens is 2. The fraction of sp³-hybridized carbons (Fsp3) is 0.429. The Kier molecular flexibility index (Phi) is 6.08. The molecule has 116 valence electrons. The molecule has 0 N–H and O–H groups in total. The van der Waals surface area contributed by atoms with Crippen LogP contribution < -0.4 is 4.74 Å². The molecule has 0 unspecified atom stereocenters. The van der Waals surface area contributed by atoms with Crippen molar-refractivity contribution < 1.29 is 27.8 Å². The first kappa shape index (κ1) is 16.9. The molecule has 0 saturated carbocycles. The van der Waals surface area contributed by atoms with Crippen molar-refractivity contribution in [3.8, 4) is 5.75 Å². The second-order valence-electron chi connectivity index (χ2n) is 4.55. The number of amides is 1. The zero-order valence-electron chi connectivity index (χ0n) is 12.0. The molecule has 21 heavy (non-hydrogen) atoms. The Balaban J connectivity index is 2.70. The standard InChI is InChI=1S/C14H17F2NO4/c1-9(2)17(3)12(18)8-20-13(19)10-6-4-5-7-11(10)21-14(15)16/h4-7,9,14H,8H2,1-3H3. The molecule has 0 atom stereocenters. The Labute approximate surface area is 121 Å². The number of benzene rings is 1. The van der Waals surface area contributed by atoms with Gasteiger partial charge in [0.05, 0.1) is 0 Å². The molecule has 7 heteroatoms. The summed E-state index contributed by atoms with van der Waals surface area (Å²) in [6.07, 6.45) is 0. The van der Waals surface area contributed by atoms with Gasteiger partial charge in [-0.05, 0) is 26.0 Å². The molecule has 0 aliphatic carbocycles. The molecule has 1 amide bonds. The highest BCUT2D eigenvalue weighted by Crippen LogP contribution is 2.21. The Morgan fingerprint density at radius 1 is 1.24 bits per heavy atom. The van der Waals surface area contributed by atoms with E-state index in [0.717, 1.165) is 0 Å². The minimum absolute atomic E-state index is 0.0364. The first-order chi connectivity index (χ1) is 9.82. The number of para-hydroxylation sites is 1. The SMILES string of the molecule is CC(C)N(C)C(=O)COC(=O)c1ccccc1OC(F)F. The predicted molar refractivity (Wildman–Crippen MR) is 71.3 cm³/mol. The minimum Gasteiger partial charge on any atom is -0.452 e.